The van der Waals surface area contributed by atoms with Gasteiger partial charge in [-0.1, -0.05) is 23.2 Å². The molecule has 3 aromatic carbocycles. The van der Waals surface area contributed by atoms with Gasteiger partial charge in [0.15, 0.2) is 17.1 Å². The van der Waals surface area contributed by atoms with E-state index in [-0.39, 0.29) is 5.91 Å². The van der Waals surface area contributed by atoms with E-state index in [9.17, 15) is 4.79 Å². The Hall–Kier alpha value is -3.22. The average Bonchev–Trinajstić information content (AvgIpc) is 3.18. The van der Waals surface area contributed by atoms with Crippen molar-refractivity contribution in [2.24, 2.45) is 0 Å². The van der Waals surface area contributed by atoms with Gasteiger partial charge in [0.05, 0.1) is 5.02 Å². The molecule has 0 saturated carbocycles. The highest BCUT2D eigenvalue weighted by molar-refractivity contribution is 6.38. The van der Waals surface area contributed by atoms with Crippen LogP contribution in [0.3, 0.4) is 0 Å². The third-order valence-corrected chi connectivity index (χ3v) is 5.10. The fourth-order valence-electron chi connectivity index (χ4n) is 3.17. The summed E-state index contributed by atoms with van der Waals surface area (Å²) >= 11 is 12.2. The number of amides is 1. The molecule has 0 bridgehead atoms. The highest BCUT2D eigenvalue weighted by Gasteiger charge is 2.16. The third kappa shape index (κ3) is 3.56. The summed E-state index contributed by atoms with van der Waals surface area (Å²) in [6.45, 7) is 0.969. The fraction of sp³-hybridized carbons (Fsp3) is 0.0909. The Kier molecular flexibility index (Phi) is 4.73. The van der Waals surface area contributed by atoms with Crippen molar-refractivity contribution in [2.75, 3.05) is 18.5 Å². The smallest absolute Gasteiger partial charge is 0.255 e. The number of hydrogen-bond donors (Lipinski definition) is 1. The van der Waals surface area contributed by atoms with E-state index in [1.807, 2.05) is 0 Å². The number of ether oxygens (including phenoxy) is 2. The third-order valence-electron chi connectivity index (χ3n) is 4.60. The van der Waals surface area contributed by atoms with Crippen molar-refractivity contribution in [3.63, 3.8) is 0 Å². The lowest BCUT2D eigenvalue weighted by Gasteiger charge is -2.18. The van der Waals surface area contributed by atoms with Crippen molar-refractivity contribution < 1.29 is 18.7 Å². The maximum absolute atomic E-state index is 12.6. The fourth-order valence-corrected chi connectivity index (χ4v) is 3.69. The summed E-state index contributed by atoms with van der Waals surface area (Å²) in [5.74, 6) is 1.38. The number of nitrogens with zero attached hydrogens (tertiary/aromatic N) is 1. The number of fused-ring (bicyclic) bond motifs is 2. The Bertz CT molecular complexity index is 1270. The predicted molar refractivity (Wildman–Crippen MR) is 115 cm³/mol. The Balaban J connectivity index is 1.35. The van der Waals surface area contributed by atoms with E-state index in [0.717, 1.165) is 5.56 Å². The van der Waals surface area contributed by atoms with E-state index in [2.05, 4.69) is 10.3 Å². The second kappa shape index (κ2) is 7.55. The van der Waals surface area contributed by atoms with E-state index in [1.54, 1.807) is 54.6 Å². The van der Waals surface area contributed by atoms with Gasteiger partial charge in [-0.15, -0.1) is 0 Å². The van der Waals surface area contributed by atoms with Gasteiger partial charge in [0.2, 0.25) is 5.89 Å². The summed E-state index contributed by atoms with van der Waals surface area (Å²) in [6.07, 6.45) is 0. The Morgan fingerprint density at radius 1 is 0.933 bits per heavy atom. The minimum atomic E-state index is -0.247. The molecule has 1 aromatic heterocycles. The van der Waals surface area contributed by atoms with Gasteiger partial charge in [0.25, 0.3) is 5.91 Å². The van der Waals surface area contributed by atoms with E-state index < -0.39 is 0 Å². The van der Waals surface area contributed by atoms with Gasteiger partial charge >= 0.3 is 0 Å². The molecule has 1 aliphatic rings. The molecule has 4 aromatic rings. The lowest BCUT2D eigenvalue weighted by Crippen LogP contribution is -2.17. The number of rotatable bonds is 3. The first-order valence-corrected chi connectivity index (χ1v) is 9.89. The molecule has 30 heavy (non-hydrogen) atoms. The van der Waals surface area contributed by atoms with Gasteiger partial charge in [0.1, 0.15) is 18.7 Å². The van der Waals surface area contributed by atoms with Gasteiger partial charge in [-0.05, 0) is 54.6 Å². The highest BCUT2D eigenvalue weighted by atomic mass is 35.5. The van der Waals surface area contributed by atoms with Gasteiger partial charge in [-0.25, -0.2) is 4.98 Å². The quantitative estimate of drug-likeness (QED) is 0.434. The lowest BCUT2D eigenvalue weighted by molar-refractivity contribution is 0.102. The van der Waals surface area contributed by atoms with Crippen LogP contribution >= 0.6 is 23.2 Å². The van der Waals surface area contributed by atoms with E-state index in [0.29, 0.717) is 63.0 Å². The number of carbonyl (C=O) groups excluding carboxylic acids is 1. The second-order valence-electron chi connectivity index (χ2n) is 6.64. The van der Waals surface area contributed by atoms with Crippen LogP contribution in [-0.4, -0.2) is 24.1 Å². The largest absolute Gasteiger partial charge is 0.486 e. The van der Waals surface area contributed by atoms with Crippen molar-refractivity contribution in [2.45, 2.75) is 0 Å². The van der Waals surface area contributed by atoms with Crippen molar-refractivity contribution in [3.05, 3.63) is 70.2 Å². The van der Waals surface area contributed by atoms with Crippen molar-refractivity contribution in [1.29, 1.82) is 0 Å². The van der Waals surface area contributed by atoms with Gasteiger partial charge in [0, 0.05) is 21.8 Å². The van der Waals surface area contributed by atoms with Crippen LogP contribution in [0.5, 0.6) is 11.5 Å². The van der Waals surface area contributed by atoms with Crippen LogP contribution in [0.15, 0.2) is 59.0 Å². The maximum Gasteiger partial charge on any atom is 0.255 e. The number of benzene rings is 3. The van der Waals surface area contributed by atoms with Crippen LogP contribution in [0.1, 0.15) is 10.4 Å². The first-order valence-electron chi connectivity index (χ1n) is 9.14. The number of halogens is 2. The molecule has 8 heteroatoms. The molecule has 2 heterocycles. The SMILES string of the molecule is O=C(Nc1ccc(-c2nc3cc(Cl)cc(Cl)c3o2)cc1)c1ccc2c(c1)OCCO2. The van der Waals surface area contributed by atoms with Crippen LogP contribution in [0.4, 0.5) is 5.69 Å². The van der Waals surface area contributed by atoms with Crippen LogP contribution in [0.25, 0.3) is 22.6 Å². The molecule has 0 atom stereocenters. The zero-order chi connectivity index (χ0) is 20.7. The maximum atomic E-state index is 12.6. The summed E-state index contributed by atoms with van der Waals surface area (Å²) in [5, 5.41) is 3.75. The van der Waals surface area contributed by atoms with Crippen molar-refractivity contribution in [3.8, 4) is 23.0 Å². The zero-order valence-corrected chi connectivity index (χ0v) is 17.0. The molecule has 150 valence electrons. The molecule has 0 radical (unpaired) electrons. The Morgan fingerprint density at radius 2 is 1.70 bits per heavy atom. The van der Waals surface area contributed by atoms with Gasteiger partial charge < -0.3 is 19.2 Å². The molecule has 0 saturated heterocycles. The van der Waals surface area contributed by atoms with Crippen molar-refractivity contribution in [1.82, 2.24) is 4.98 Å². The molecule has 1 amide bonds. The molecule has 1 N–H and O–H groups in total. The Morgan fingerprint density at radius 3 is 2.50 bits per heavy atom. The first-order chi connectivity index (χ1) is 14.6. The number of carbonyl (C=O) groups is 1. The van der Waals surface area contributed by atoms with Crippen LogP contribution < -0.4 is 14.8 Å². The highest BCUT2D eigenvalue weighted by Crippen LogP contribution is 2.33. The number of aromatic nitrogens is 1. The van der Waals surface area contributed by atoms with E-state index in [4.69, 9.17) is 37.1 Å². The molecule has 0 aliphatic carbocycles. The average molecular weight is 441 g/mol. The van der Waals surface area contributed by atoms with E-state index >= 15 is 0 Å². The molecular formula is C22H14Cl2N2O4. The minimum Gasteiger partial charge on any atom is -0.486 e. The van der Waals surface area contributed by atoms with Gasteiger partial charge in [-0.3, -0.25) is 4.79 Å². The summed E-state index contributed by atoms with van der Waals surface area (Å²) < 4.78 is 16.8. The molecule has 0 fully saturated rings. The van der Waals surface area contributed by atoms with Crippen LogP contribution in [0.2, 0.25) is 10.0 Å². The zero-order valence-electron chi connectivity index (χ0n) is 15.4. The predicted octanol–water partition coefficient (Wildman–Crippen LogP) is 5.83. The molecule has 0 spiro atoms. The number of hydrogen-bond acceptors (Lipinski definition) is 5. The van der Waals surface area contributed by atoms with Gasteiger partial charge in [-0.2, -0.15) is 0 Å². The summed E-state index contributed by atoms with van der Waals surface area (Å²) in [4.78, 5) is 17.0. The van der Waals surface area contributed by atoms with Crippen LogP contribution in [0, 0.1) is 0 Å². The summed E-state index contributed by atoms with van der Waals surface area (Å²) in [5.41, 5.74) is 2.92. The molecule has 5 rings (SSSR count). The second-order valence-corrected chi connectivity index (χ2v) is 7.49. The standard InChI is InChI=1S/C22H14Cl2N2O4/c23-14-10-16(24)20-17(11-14)26-22(30-20)12-1-4-15(5-2-12)25-21(27)13-3-6-18-19(9-13)29-8-7-28-18/h1-6,9-11H,7-8H2,(H,25,27). The number of oxazole rings is 1. The van der Waals surface area contributed by atoms with E-state index in [1.165, 1.54) is 0 Å². The molecule has 0 unspecified atom stereocenters. The molecule has 6 nitrogen and oxygen atoms in total. The van der Waals surface area contributed by atoms with Crippen molar-refractivity contribution >= 4 is 45.9 Å². The lowest BCUT2D eigenvalue weighted by atomic mass is 10.1. The first kappa shape index (κ1) is 18.8. The molecule has 1 aliphatic heterocycles. The topological polar surface area (TPSA) is 73.6 Å². The number of anilines is 1. The van der Waals surface area contributed by atoms with Crippen LogP contribution in [-0.2, 0) is 0 Å². The number of nitrogens with one attached hydrogen (secondary N) is 1. The normalized spacial score (nSPS) is 12.7. The summed E-state index contributed by atoms with van der Waals surface area (Å²) in [6, 6.07) is 15.6. The summed E-state index contributed by atoms with van der Waals surface area (Å²) in [7, 11) is 0. The minimum absolute atomic E-state index is 0.247. The Labute approximate surface area is 181 Å². The monoisotopic (exact) mass is 440 g/mol. The molecular weight excluding hydrogens is 427 g/mol.